The molecule has 1 saturated heterocycles. The molecule has 2 aliphatic rings. The second-order valence-electron chi connectivity index (χ2n) is 7.49. The minimum absolute atomic E-state index is 0.111. The smallest absolute Gasteiger partial charge is 0.352 e. The van der Waals surface area contributed by atoms with Gasteiger partial charge >= 0.3 is 5.97 Å². The van der Waals surface area contributed by atoms with Gasteiger partial charge in [0.05, 0.1) is 0 Å². The van der Waals surface area contributed by atoms with Crippen LogP contribution in [0.3, 0.4) is 0 Å². The molecule has 0 saturated carbocycles. The molecule has 18 heteroatoms. The number of carbonyl (C=O) groups is 3. The summed E-state index contributed by atoms with van der Waals surface area (Å²) in [6, 6.07) is 0.649. The number of fused-ring (bicyclic) bond motifs is 2. The molecule has 5 rings (SSSR count). The van der Waals surface area contributed by atoms with Crippen molar-refractivity contribution in [1.29, 1.82) is 0 Å². The summed E-state index contributed by atoms with van der Waals surface area (Å²) in [4.78, 5) is 56.1. The van der Waals surface area contributed by atoms with Crippen molar-refractivity contribution in [3.63, 3.8) is 0 Å². The van der Waals surface area contributed by atoms with E-state index in [0.29, 0.717) is 22.1 Å². The Hall–Kier alpha value is -3.41. The van der Waals surface area contributed by atoms with Crippen LogP contribution < -0.4 is 11.1 Å². The Bertz CT molecular complexity index is 1490. The van der Waals surface area contributed by atoms with Crippen molar-refractivity contribution in [3.8, 4) is 0 Å². The second kappa shape index (κ2) is 10.2. The molecule has 2 amide bonds. The molecule has 0 aliphatic carbocycles. The fourth-order valence-electron chi connectivity index (χ4n) is 3.72. The summed E-state index contributed by atoms with van der Waals surface area (Å²) in [7, 11) is 1.27. The predicted molar refractivity (Wildman–Crippen MR) is 136 cm³/mol. The van der Waals surface area contributed by atoms with Gasteiger partial charge in [-0.1, -0.05) is 16.8 Å². The summed E-state index contributed by atoms with van der Waals surface area (Å²) in [5, 5.41) is 22.4. The van der Waals surface area contributed by atoms with Crippen molar-refractivity contribution in [2.75, 3.05) is 24.3 Å². The van der Waals surface area contributed by atoms with Gasteiger partial charge in [0.15, 0.2) is 10.8 Å². The average molecular weight is 582 g/mol. The van der Waals surface area contributed by atoms with E-state index in [1.165, 1.54) is 51.8 Å². The van der Waals surface area contributed by atoms with Crippen LogP contribution in [0.5, 0.6) is 0 Å². The fourth-order valence-corrected chi connectivity index (χ4v) is 6.99. The molecule has 37 heavy (non-hydrogen) atoms. The zero-order valence-corrected chi connectivity index (χ0v) is 21.9. The highest BCUT2D eigenvalue weighted by Crippen LogP contribution is 2.41. The van der Waals surface area contributed by atoms with Crippen molar-refractivity contribution in [2.45, 2.75) is 16.4 Å². The number of anilines is 1. The number of oxime groups is 1. The number of amides is 2. The van der Waals surface area contributed by atoms with Crippen LogP contribution in [0.15, 0.2) is 39.2 Å². The van der Waals surface area contributed by atoms with Crippen LogP contribution in [0.25, 0.3) is 5.78 Å². The number of carboxylic acids is 1. The summed E-state index contributed by atoms with van der Waals surface area (Å²) in [5.74, 6) is -1.58. The van der Waals surface area contributed by atoms with Crippen LogP contribution in [-0.2, 0) is 19.2 Å². The zero-order valence-electron chi connectivity index (χ0n) is 18.7. The van der Waals surface area contributed by atoms with Gasteiger partial charge in [0.1, 0.15) is 46.4 Å². The molecule has 0 bridgehead atoms. The Labute approximate surface area is 225 Å². The lowest BCUT2D eigenvalue weighted by atomic mass is 10.0. The van der Waals surface area contributed by atoms with Gasteiger partial charge in [0, 0.05) is 23.0 Å². The first kappa shape index (κ1) is 25.2. The molecule has 5 heterocycles. The number of halogens is 1. The van der Waals surface area contributed by atoms with Crippen LogP contribution in [0, 0.1) is 0 Å². The second-order valence-corrected chi connectivity index (χ2v) is 10.9. The number of hydrogen-bond acceptors (Lipinski definition) is 13. The Kier molecular flexibility index (Phi) is 6.93. The van der Waals surface area contributed by atoms with Gasteiger partial charge in [0.25, 0.3) is 17.6 Å². The van der Waals surface area contributed by atoms with Crippen molar-refractivity contribution < 1.29 is 24.3 Å². The largest absolute Gasteiger partial charge is 0.477 e. The van der Waals surface area contributed by atoms with E-state index in [0.717, 1.165) is 11.3 Å². The third-order valence-corrected chi connectivity index (χ3v) is 8.57. The van der Waals surface area contributed by atoms with E-state index in [-0.39, 0.29) is 33.1 Å². The highest BCUT2D eigenvalue weighted by molar-refractivity contribution is 8.01. The minimum Gasteiger partial charge on any atom is -0.477 e. The molecule has 0 spiro atoms. The summed E-state index contributed by atoms with van der Waals surface area (Å²) in [6.07, 6.45) is 1.34. The first-order valence-corrected chi connectivity index (χ1v) is 13.6. The molecule has 4 N–H and O–H groups in total. The first-order valence-electron chi connectivity index (χ1n) is 10.3. The molecule has 0 aromatic carbocycles. The monoisotopic (exact) mass is 581 g/mol. The molecule has 2 atom stereocenters. The van der Waals surface area contributed by atoms with E-state index in [4.69, 9.17) is 22.2 Å². The summed E-state index contributed by atoms with van der Waals surface area (Å²) < 4.78 is 1.49. The maximum atomic E-state index is 13.0. The van der Waals surface area contributed by atoms with E-state index in [2.05, 4.69) is 30.5 Å². The average Bonchev–Trinajstić information content (AvgIpc) is 3.52. The lowest BCUT2D eigenvalue weighted by Gasteiger charge is -2.49. The SMILES string of the molecule is CO/N=C(\C(=O)N[C@@H]1C(=O)N2C(C(=O)O)=C(CSc3cc(Cl)nc4ncnn34)CS[C@H]12)c1csc(N)n1. The number of carbonyl (C=O) groups excluding carboxylic acids is 2. The normalized spacial score (nSPS) is 19.6. The fraction of sp³-hybridized carbons (Fsp3) is 0.263. The molecule has 0 radical (unpaired) electrons. The van der Waals surface area contributed by atoms with Gasteiger partial charge in [-0.2, -0.15) is 19.6 Å². The lowest BCUT2D eigenvalue weighted by Crippen LogP contribution is -2.71. The summed E-state index contributed by atoms with van der Waals surface area (Å²) >= 11 is 9.82. The molecule has 3 aromatic rings. The Balaban J connectivity index is 1.33. The predicted octanol–water partition coefficient (Wildman–Crippen LogP) is 0.698. The van der Waals surface area contributed by atoms with E-state index >= 15 is 0 Å². The number of hydrogen-bond donors (Lipinski definition) is 3. The third-order valence-electron chi connectivity index (χ3n) is 5.28. The van der Waals surface area contributed by atoms with E-state index in [1.54, 1.807) is 6.07 Å². The Morgan fingerprint density at radius 1 is 1.43 bits per heavy atom. The maximum Gasteiger partial charge on any atom is 0.352 e. The number of β-lactam (4-membered cyclic amide) rings is 1. The van der Waals surface area contributed by atoms with E-state index in [1.807, 2.05) is 0 Å². The van der Waals surface area contributed by atoms with Crippen LogP contribution in [-0.4, -0.2) is 88.1 Å². The maximum absolute atomic E-state index is 13.0. The molecule has 3 aromatic heterocycles. The number of rotatable bonds is 8. The van der Waals surface area contributed by atoms with Gasteiger partial charge < -0.3 is 21.0 Å². The number of nitrogens with one attached hydrogen (secondary N) is 1. The highest BCUT2D eigenvalue weighted by atomic mass is 35.5. The summed E-state index contributed by atoms with van der Waals surface area (Å²) in [5.41, 5.74) is 6.12. The number of carboxylic acid groups (broad SMARTS) is 1. The van der Waals surface area contributed by atoms with Crippen LogP contribution in [0.4, 0.5) is 5.13 Å². The number of nitrogen functional groups attached to an aromatic ring is 1. The zero-order chi connectivity index (χ0) is 26.3. The molecule has 2 aliphatic heterocycles. The molecular formula is C19H16ClN9O5S3. The van der Waals surface area contributed by atoms with Crippen LogP contribution in [0.1, 0.15) is 5.69 Å². The van der Waals surface area contributed by atoms with Crippen molar-refractivity contribution >= 4 is 80.9 Å². The minimum atomic E-state index is -1.24. The van der Waals surface area contributed by atoms with E-state index < -0.39 is 29.2 Å². The quantitative estimate of drug-likeness (QED) is 0.111. The molecule has 14 nitrogen and oxygen atoms in total. The molecule has 1 fully saturated rings. The number of nitrogens with two attached hydrogens (primary N) is 1. The number of aliphatic carboxylic acids is 1. The van der Waals surface area contributed by atoms with Crippen molar-refractivity contribution in [1.82, 2.24) is 34.8 Å². The van der Waals surface area contributed by atoms with Crippen molar-refractivity contribution in [2.24, 2.45) is 5.16 Å². The van der Waals surface area contributed by atoms with Gasteiger partial charge in [0.2, 0.25) is 0 Å². The molecular weight excluding hydrogens is 566 g/mol. The van der Waals surface area contributed by atoms with Crippen LogP contribution in [0.2, 0.25) is 5.15 Å². The van der Waals surface area contributed by atoms with Crippen molar-refractivity contribution in [3.05, 3.63) is 39.9 Å². The highest BCUT2D eigenvalue weighted by Gasteiger charge is 2.54. The first-order chi connectivity index (χ1) is 17.8. The topological polar surface area (TPSA) is 190 Å². The number of nitrogens with zero attached hydrogens (tertiary/aromatic N) is 7. The molecule has 0 unspecified atom stereocenters. The number of thiazole rings is 1. The van der Waals surface area contributed by atoms with Gasteiger partial charge in [-0.3, -0.25) is 14.5 Å². The van der Waals surface area contributed by atoms with Crippen LogP contribution >= 0.6 is 46.5 Å². The lowest BCUT2D eigenvalue weighted by molar-refractivity contribution is -0.150. The Morgan fingerprint density at radius 2 is 2.24 bits per heavy atom. The van der Waals surface area contributed by atoms with Gasteiger partial charge in [-0.15, -0.1) is 34.9 Å². The van der Waals surface area contributed by atoms with Gasteiger partial charge in [-0.25, -0.2) is 9.78 Å². The Morgan fingerprint density at radius 3 is 2.95 bits per heavy atom. The van der Waals surface area contributed by atoms with Gasteiger partial charge in [-0.05, 0) is 5.57 Å². The summed E-state index contributed by atoms with van der Waals surface area (Å²) in [6.45, 7) is 0. The standard InChI is InChI=1S/C19H16ClN9O5S3/c1-34-27-11(8-5-37-18(21)24-8)14(30)26-12-15(31)28-13(17(32)33)7(4-36-16(12)28)3-35-10-2-9(20)25-19-22-6-23-29(10)19/h2,5-6,12,16H,3-4H2,1H3,(H2,21,24)(H,26,30)(H,32,33)/b27-11-/t12-,16-/m1/s1. The molecule has 192 valence electrons. The van der Waals surface area contributed by atoms with E-state index in [9.17, 15) is 19.5 Å². The number of thioether (sulfide) groups is 2. The third kappa shape index (κ3) is 4.70. The number of aromatic nitrogens is 5.